The van der Waals surface area contributed by atoms with Gasteiger partial charge in [-0.3, -0.25) is 4.57 Å². The number of fused-ring (bicyclic) bond motifs is 2. The molecule has 0 saturated carbocycles. The molecule has 4 heterocycles. The van der Waals surface area contributed by atoms with Gasteiger partial charge in [0.15, 0.2) is 17.7 Å². The van der Waals surface area contributed by atoms with E-state index in [-0.39, 0.29) is 5.82 Å². The van der Waals surface area contributed by atoms with E-state index in [4.69, 9.17) is 24.7 Å². The van der Waals surface area contributed by atoms with Crippen molar-refractivity contribution in [2.75, 3.05) is 12.8 Å². The summed E-state index contributed by atoms with van der Waals surface area (Å²) in [6, 6.07) is 0. The van der Waals surface area contributed by atoms with E-state index in [1.165, 1.54) is 13.4 Å². The third kappa shape index (κ3) is 2.18. The number of nitrogen functional groups attached to an aromatic ring is 1. The largest absolute Gasteiger partial charge is 0.391 e. The average Bonchev–Trinajstić information content (AvgIpc) is 3.19. The summed E-state index contributed by atoms with van der Waals surface area (Å²) in [4.78, 5) is 12.4. The molecule has 23 heavy (non-hydrogen) atoms. The Morgan fingerprint density at radius 1 is 1.26 bits per heavy atom. The number of nitrogens with zero attached hydrogens (tertiary/aromatic N) is 4. The first kappa shape index (κ1) is 14.7. The molecule has 2 saturated heterocycles. The minimum atomic E-state index is -0.799. The molecule has 124 valence electrons. The van der Waals surface area contributed by atoms with Crippen molar-refractivity contribution in [3.8, 4) is 0 Å². The molecule has 0 spiro atoms. The molecular weight excluding hydrogens is 306 g/mol. The van der Waals surface area contributed by atoms with Gasteiger partial charge in [-0.15, -0.1) is 0 Å². The van der Waals surface area contributed by atoms with Crippen LogP contribution in [0.5, 0.6) is 0 Å². The van der Waals surface area contributed by atoms with Crippen molar-refractivity contribution in [2.24, 2.45) is 0 Å². The Kier molecular flexibility index (Phi) is 3.43. The van der Waals surface area contributed by atoms with Gasteiger partial charge in [0.25, 0.3) is 6.48 Å². The van der Waals surface area contributed by atoms with Crippen molar-refractivity contribution < 1.29 is 24.1 Å². The van der Waals surface area contributed by atoms with Crippen LogP contribution in [-0.4, -0.2) is 62.6 Å². The summed E-state index contributed by atoms with van der Waals surface area (Å²) >= 11 is 0. The molecule has 10 heteroatoms. The van der Waals surface area contributed by atoms with Crippen molar-refractivity contribution in [1.29, 1.82) is 0 Å². The summed E-state index contributed by atoms with van der Waals surface area (Å²) in [7, 11) is 1.49. The van der Waals surface area contributed by atoms with E-state index in [0.717, 1.165) is 0 Å². The number of rotatable bonds is 3. The van der Waals surface area contributed by atoms with E-state index in [2.05, 4.69) is 15.0 Å². The molecule has 4 rings (SSSR count). The number of hydrogen-bond donors (Lipinski definition) is 2. The lowest BCUT2D eigenvalue weighted by Crippen LogP contribution is -2.36. The molecule has 6 atom stereocenters. The van der Waals surface area contributed by atoms with Crippen LogP contribution in [0.1, 0.15) is 13.2 Å². The van der Waals surface area contributed by atoms with Gasteiger partial charge < -0.3 is 29.8 Å². The van der Waals surface area contributed by atoms with Gasteiger partial charge in [-0.2, -0.15) is 0 Å². The number of anilines is 1. The first-order valence-corrected chi connectivity index (χ1v) is 7.20. The highest BCUT2D eigenvalue weighted by Gasteiger charge is 2.55. The van der Waals surface area contributed by atoms with Crippen LogP contribution in [0.15, 0.2) is 12.7 Å². The standard InChI is InChI=1S/C13H17N5O5/c1-5(19)7-8-9(23-13(20-2)22-8)12(21-7)18-4-17-6-10(14)15-3-16-11(6)18/h3-5,7-9,12-13,19H,1-2H3,(H2,14,15,16)/t5-,7+,8+,9+,12+,13?/m0/s1. The summed E-state index contributed by atoms with van der Waals surface area (Å²) in [6.45, 7) is 0.840. The Labute approximate surface area is 131 Å². The maximum Gasteiger partial charge on any atom is 0.272 e. The molecule has 2 aliphatic rings. The van der Waals surface area contributed by atoms with E-state index in [1.54, 1.807) is 17.8 Å². The predicted molar refractivity (Wildman–Crippen MR) is 75.9 cm³/mol. The molecule has 2 aromatic rings. The molecule has 2 aromatic heterocycles. The molecule has 2 aliphatic heterocycles. The van der Waals surface area contributed by atoms with Gasteiger partial charge in [0.2, 0.25) is 0 Å². The van der Waals surface area contributed by atoms with Crippen molar-refractivity contribution in [3.63, 3.8) is 0 Å². The number of ether oxygens (including phenoxy) is 4. The topological polar surface area (TPSA) is 127 Å². The molecular formula is C13H17N5O5. The zero-order chi connectivity index (χ0) is 16.1. The highest BCUT2D eigenvalue weighted by Crippen LogP contribution is 2.41. The SMILES string of the molecule is COC1O[C@H]2[C@@H](O1)[C@H](n1cnc3c(N)ncnc31)O[C@@H]2[C@H](C)O. The van der Waals surface area contributed by atoms with Gasteiger partial charge in [-0.05, 0) is 6.92 Å². The van der Waals surface area contributed by atoms with Gasteiger partial charge in [-0.25, -0.2) is 15.0 Å². The van der Waals surface area contributed by atoms with Crippen LogP contribution in [0.25, 0.3) is 11.2 Å². The van der Waals surface area contributed by atoms with Gasteiger partial charge in [-0.1, -0.05) is 0 Å². The Morgan fingerprint density at radius 3 is 2.78 bits per heavy atom. The molecule has 0 bridgehead atoms. The number of imidazole rings is 1. The Balaban J connectivity index is 1.74. The summed E-state index contributed by atoms with van der Waals surface area (Å²) < 4.78 is 24.1. The minimum Gasteiger partial charge on any atom is -0.391 e. The highest BCUT2D eigenvalue weighted by atomic mass is 16.9. The third-order valence-corrected chi connectivity index (χ3v) is 4.09. The second kappa shape index (κ2) is 5.35. The zero-order valence-electron chi connectivity index (χ0n) is 12.6. The van der Waals surface area contributed by atoms with Gasteiger partial charge >= 0.3 is 0 Å². The maximum atomic E-state index is 9.96. The quantitative estimate of drug-likeness (QED) is 0.761. The molecule has 3 N–H and O–H groups in total. The van der Waals surface area contributed by atoms with Crippen molar-refractivity contribution in [1.82, 2.24) is 19.5 Å². The van der Waals surface area contributed by atoms with Crippen molar-refractivity contribution in [3.05, 3.63) is 12.7 Å². The van der Waals surface area contributed by atoms with Gasteiger partial charge in [0.05, 0.1) is 12.4 Å². The zero-order valence-corrected chi connectivity index (χ0v) is 12.6. The number of aliphatic hydroxyl groups is 1. The number of nitrogens with two attached hydrogens (primary N) is 1. The van der Waals surface area contributed by atoms with Crippen LogP contribution in [0.4, 0.5) is 5.82 Å². The second-order valence-corrected chi connectivity index (χ2v) is 5.54. The minimum absolute atomic E-state index is 0.286. The van der Waals surface area contributed by atoms with Crippen molar-refractivity contribution in [2.45, 2.75) is 44.0 Å². The number of aromatic nitrogens is 4. The molecule has 1 unspecified atom stereocenters. The summed E-state index contributed by atoms with van der Waals surface area (Å²) in [6.07, 6.45) is 0.140. The Bertz CT molecular complexity index is 722. The number of hydrogen-bond acceptors (Lipinski definition) is 9. The lowest BCUT2D eigenvalue weighted by Gasteiger charge is -2.21. The molecule has 0 radical (unpaired) electrons. The lowest BCUT2D eigenvalue weighted by molar-refractivity contribution is -0.259. The molecule has 0 aromatic carbocycles. The Morgan fingerprint density at radius 2 is 2.04 bits per heavy atom. The van der Waals surface area contributed by atoms with Gasteiger partial charge in [0, 0.05) is 7.11 Å². The van der Waals surface area contributed by atoms with E-state index in [9.17, 15) is 5.11 Å². The summed E-state index contributed by atoms with van der Waals surface area (Å²) in [5, 5.41) is 9.96. The van der Waals surface area contributed by atoms with E-state index in [1.807, 2.05) is 0 Å². The summed E-state index contributed by atoms with van der Waals surface area (Å²) in [5.41, 5.74) is 6.82. The van der Waals surface area contributed by atoms with Crippen LogP contribution in [0, 0.1) is 0 Å². The van der Waals surface area contributed by atoms with Crippen LogP contribution in [-0.2, 0) is 18.9 Å². The predicted octanol–water partition coefficient (Wildman–Crippen LogP) is -0.599. The maximum absolute atomic E-state index is 9.96. The molecule has 0 aliphatic carbocycles. The number of methoxy groups -OCH3 is 1. The first-order chi connectivity index (χ1) is 11.1. The van der Waals surface area contributed by atoms with Crippen LogP contribution in [0.2, 0.25) is 0 Å². The fourth-order valence-corrected chi connectivity index (χ4v) is 3.03. The van der Waals surface area contributed by atoms with Crippen LogP contribution >= 0.6 is 0 Å². The molecule has 2 fully saturated rings. The second-order valence-electron chi connectivity index (χ2n) is 5.54. The first-order valence-electron chi connectivity index (χ1n) is 7.20. The fourth-order valence-electron chi connectivity index (χ4n) is 3.03. The van der Waals surface area contributed by atoms with Gasteiger partial charge in [0.1, 0.15) is 30.2 Å². The monoisotopic (exact) mass is 323 g/mol. The van der Waals surface area contributed by atoms with E-state index >= 15 is 0 Å². The highest BCUT2D eigenvalue weighted by molar-refractivity contribution is 5.81. The lowest BCUT2D eigenvalue weighted by atomic mass is 10.1. The Hall–Kier alpha value is -1.85. The smallest absolute Gasteiger partial charge is 0.272 e. The van der Waals surface area contributed by atoms with Crippen molar-refractivity contribution >= 4 is 17.0 Å². The average molecular weight is 323 g/mol. The summed E-state index contributed by atoms with van der Waals surface area (Å²) in [5.74, 6) is 0.286. The van der Waals surface area contributed by atoms with Crippen LogP contribution in [0.3, 0.4) is 0 Å². The van der Waals surface area contributed by atoms with E-state index < -0.39 is 37.1 Å². The normalized spacial score (nSPS) is 34.8. The van der Waals surface area contributed by atoms with Crippen LogP contribution < -0.4 is 5.73 Å². The molecule has 10 nitrogen and oxygen atoms in total. The molecule has 0 amide bonds. The van der Waals surface area contributed by atoms with E-state index in [0.29, 0.717) is 11.2 Å². The fraction of sp³-hybridized carbons (Fsp3) is 0.615. The third-order valence-electron chi connectivity index (χ3n) is 4.09. The number of aliphatic hydroxyl groups excluding tert-OH is 1.